The zero-order chi connectivity index (χ0) is 19.3. The smallest absolute Gasteiger partial charge is 0.259 e. The van der Waals surface area contributed by atoms with E-state index >= 15 is 0 Å². The first-order chi connectivity index (χ1) is 12.3. The number of nitriles is 1. The summed E-state index contributed by atoms with van der Waals surface area (Å²) in [6.45, 7) is 9.60. The van der Waals surface area contributed by atoms with Gasteiger partial charge < -0.3 is 15.2 Å². The van der Waals surface area contributed by atoms with Gasteiger partial charge in [0.15, 0.2) is 11.3 Å². The third kappa shape index (κ3) is 4.35. The summed E-state index contributed by atoms with van der Waals surface area (Å²) in [5, 5.41) is 21.6. The first kappa shape index (κ1) is 18.9. The quantitative estimate of drug-likeness (QED) is 0.807. The van der Waals surface area contributed by atoms with Gasteiger partial charge in [0.05, 0.1) is 12.1 Å². The van der Waals surface area contributed by atoms with Gasteiger partial charge in [0.2, 0.25) is 0 Å². The molecule has 1 amide bonds. The lowest BCUT2D eigenvalue weighted by molar-refractivity contribution is -0.135. The van der Waals surface area contributed by atoms with Gasteiger partial charge in [-0.25, -0.2) is 9.24 Å². The number of aliphatic hydroxyl groups is 1. The number of halogens is 1. The van der Waals surface area contributed by atoms with E-state index in [1.54, 1.807) is 31.2 Å². The molecule has 2 N–H and O–H groups in total. The molecule has 6 nitrogen and oxygen atoms in total. The zero-order valence-electron chi connectivity index (χ0n) is 14.2. The number of nitrogens with one attached hydrogen (secondary N) is 1. The average molecular weight is 353 g/mol. The molecular formula is C19H16FN3O3. The van der Waals surface area contributed by atoms with Gasteiger partial charge in [-0.15, -0.1) is 0 Å². The second-order valence-corrected chi connectivity index (χ2v) is 5.88. The summed E-state index contributed by atoms with van der Waals surface area (Å²) < 4.78 is 18.8. The second-order valence-electron chi connectivity index (χ2n) is 5.88. The Morgan fingerprint density at radius 1 is 1.42 bits per heavy atom. The molecule has 0 radical (unpaired) electrons. The molecule has 0 aliphatic heterocycles. The molecule has 7 heteroatoms. The predicted molar refractivity (Wildman–Crippen MR) is 93.3 cm³/mol. The third-order valence-corrected chi connectivity index (χ3v) is 3.65. The van der Waals surface area contributed by atoms with Crippen molar-refractivity contribution in [3.8, 4) is 11.8 Å². The highest BCUT2D eigenvalue weighted by atomic mass is 19.1. The number of ether oxygens (including phenoxy) is 1. The fraction of sp³-hybridized carbons (Fsp3) is 0.211. The van der Waals surface area contributed by atoms with E-state index in [0.29, 0.717) is 16.9 Å². The van der Waals surface area contributed by atoms with Crippen molar-refractivity contribution in [2.24, 2.45) is 0 Å². The molecule has 0 unspecified atom stereocenters. The SMILES string of the molecule is [C-]#[N+]c1ccc(NC(=O)[C@@](C)(O)COc2ccc(C#N)c(F)c2)cc1C. The van der Waals surface area contributed by atoms with Gasteiger partial charge >= 0.3 is 0 Å². The van der Waals surface area contributed by atoms with Crippen molar-refractivity contribution in [1.29, 1.82) is 5.26 Å². The normalized spacial score (nSPS) is 12.4. The number of hydrogen-bond acceptors (Lipinski definition) is 4. The molecule has 0 aromatic heterocycles. The Balaban J connectivity index is 2.04. The first-order valence-electron chi connectivity index (χ1n) is 7.61. The Morgan fingerprint density at radius 2 is 2.15 bits per heavy atom. The molecule has 0 bridgehead atoms. The van der Waals surface area contributed by atoms with Crippen LogP contribution < -0.4 is 10.1 Å². The van der Waals surface area contributed by atoms with Crippen LogP contribution in [0.15, 0.2) is 36.4 Å². The minimum atomic E-state index is -1.88. The Labute approximate surface area is 150 Å². The highest BCUT2D eigenvalue weighted by Gasteiger charge is 2.31. The molecule has 2 aromatic rings. The Hall–Kier alpha value is -3.42. The van der Waals surface area contributed by atoms with Gasteiger partial charge in [-0.3, -0.25) is 4.79 Å². The number of carbonyl (C=O) groups is 1. The minimum Gasteiger partial charge on any atom is -0.490 e. The predicted octanol–water partition coefficient (Wildman–Crippen LogP) is 3.33. The number of aryl methyl sites for hydroxylation is 1. The lowest BCUT2D eigenvalue weighted by atomic mass is 10.1. The van der Waals surface area contributed by atoms with Crippen LogP contribution in [0.1, 0.15) is 18.1 Å². The van der Waals surface area contributed by atoms with Crippen molar-refractivity contribution < 1.29 is 19.0 Å². The Kier molecular flexibility index (Phi) is 5.56. The van der Waals surface area contributed by atoms with Crippen molar-refractivity contribution in [2.75, 3.05) is 11.9 Å². The average Bonchev–Trinajstić information content (AvgIpc) is 2.60. The minimum absolute atomic E-state index is 0.0897. The Morgan fingerprint density at radius 3 is 2.73 bits per heavy atom. The molecule has 0 aliphatic rings. The van der Waals surface area contributed by atoms with Crippen LogP contribution >= 0.6 is 0 Å². The zero-order valence-corrected chi connectivity index (χ0v) is 14.2. The highest BCUT2D eigenvalue weighted by molar-refractivity contribution is 5.97. The highest BCUT2D eigenvalue weighted by Crippen LogP contribution is 2.23. The summed E-state index contributed by atoms with van der Waals surface area (Å²) >= 11 is 0. The van der Waals surface area contributed by atoms with Gasteiger partial charge in [-0.2, -0.15) is 5.26 Å². The van der Waals surface area contributed by atoms with Crippen LogP contribution in [0.3, 0.4) is 0 Å². The molecule has 0 aliphatic carbocycles. The van der Waals surface area contributed by atoms with Crippen molar-refractivity contribution in [3.05, 3.63) is 64.8 Å². The second kappa shape index (κ2) is 7.64. The topological polar surface area (TPSA) is 86.7 Å². The van der Waals surface area contributed by atoms with Crippen LogP contribution in [-0.4, -0.2) is 23.2 Å². The summed E-state index contributed by atoms with van der Waals surface area (Å²) in [6, 6.07) is 10.1. The van der Waals surface area contributed by atoms with Crippen LogP contribution in [0, 0.1) is 30.6 Å². The van der Waals surface area contributed by atoms with Gasteiger partial charge in [0.1, 0.15) is 24.2 Å². The van der Waals surface area contributed by atoms with E-state index in [1.807, 2.05) is 0 Å². The fourth-order valence-corrected chi connectivity index (χ4v) is 2.09. The number of hydrogen-bond donors (Lipinski definition) is 2. The molecule has 132 valence electrons. The molecule has 2 aromatic carbocycles. The summed E-state index contributed by atoms with van der Waals surface area (Å²) in [6.07, 6.45) is 0. The van der Waals surface area contributed by atoms with Gasteiger partial charge in [0.25, 0.3) is 5.91 Å². The van der Waals surface area contributed by atoms with Crippen LogP contribution in [0.4, 0.5) is 15.8 Å². The lowest BCUT2D eigenvalue weighted by Crippen LogP contribution is -2.45. The summed E-state index contributed by atoms with van der Waals surface area (Å²) in [5.41, 5.74) is -0.399. The van der Waals surface area contributed by atoms with E-state index in [2.05, 4.69) is 10.2 Å². The summed E-state index contributed by atoms with van der Waals surface area (Å²) in [7, 11) is 0. The van der Waals surface area contributed by atoms with E-state index in [0.717, 1.165) is 6.07 Å². The number of rotatable bonds is 5. The molecule has 1 atom stereocenters. The van der Waals surface area contributed by atoms with Crippen LogP contribution in [-0.2, 0) is 4.79 Å². The maximum Gasteiger partial charge on any atom is 0.259 e. The van der Waals surface area contributed by atoms with Crippen LogP contribution in [0.2, 0.25) is 0 Å². The number of benzene rings is 2. The van der Waals surface area contributed by atoms with E-state index < -0.39 is 23.9 Å². The summed E-state index contributed by atoms with van der Waals surface area (Å²) in [4.78, 5) is 15.6. The molecule has 0 heterocycles. The van der Waals surface area contributed by atoms with Crippen molar-refractivity contribution in [2.45, 2.75) is 19.4 Å². The monoisotopic (exact) mass is 353 g/mol. The van der Waals surface area contributed by atoms with Gasteiger partial charge in [-0.1, -0.05) is 6.07 Å². The standard InChI is InChI=1S/C19H16FN3O3/c1-12-8-14(5-7-17(12)22-3)23-18(24)19(2,25)11-26-15-6-4-13(10-21)16(20)9-15/h4-9,25H,11H2,1-2H3,(H,23,24)/t19-/m0/s1. The van der Waals surface area contributed by atoms with Crippen molar-refractivity contribution >= 4 is 17.3 Å². The molecule has 0 spiro atoms. The van der Waals surface area contributed by atoms with Gasteiger partial charge in [0, 0.05) is 11.8 Å². The number of amides is 1. The van der Waals surface area contributed by atoms with Crippen molar-refractivity contribution in [1.82, 2.24) is 0 Å². The van der Waals surface area contributed by atoms with E-state index in [-0.39, 0.29) is 11.3 Å². The lowest BCUT2D eigenvalue weighted by Gasteiger charge is -2.23. The maximum absolute atomic E-state index is 13.6. The van der Waals surface area contributed by atoms with E-state index in [4.69, 9.17) is 16.6 Å². The van der Waals surface area contributed by atoms with E-state index in [9.17, 15) is 14.3 Å². The van der Waals surface area contributed by atoms with Gasteiger partial charge in [-0.05, 0) is 43.7 Å². The maximum atomic E-state index is 13.6. The molecular weight excluding hydrogens is 337 g/mol. The van der Waals surface area contributed by atoms with Crippen LogP contribution in [0.5, 0.6) is 5.75 Å². The molecule has 0 fully saturated rings. The first-order valence-corrected chi connectivity index (χ1v) is 7.61. The fourth-order valence-electron chi connectivity index (χ4n) is 2.09. The number of nitrogens with zero attached hydrogens (tertiary/aromatic N) is 2. The molecule has 26 heavy (non-hydrogen) atoms. The van der Waals surface area contributed by atoms with Crippen molar-refractivity contribution in [3.63, 3.8) is 0 Å². The third-order valence-electron chi connectivity index (χ3n) is 3.65. The largest absolute Gasteiger partial charge is 0.490 e. The number of anilines is 1. The Bertz CT molecular complexity index is 927. The molecule has 0 saturated carbocycles. The number of carbonyl (C=O) groups excluding carboxylic acids is 1. The summed E-state index contributed by atoms with van der Waals surface area (Å²) in [5.74, 6) is -1.36. The van der Waals surface area contributed by atoms with Crippen LogP contribution in [0.25, 0.3) is 4.85 Å². The van der Waals surface area contributed by atoms with E-state index in [1.165, 1.54) is 19.1 Å². The molecule has 2 rings (SSSR count). The molecule has 0 saturated heterocycles.